The van der Waals surface area contributed by atoms with Crippen molar-refractivity contribution in [1.82, 2.24) is 0 Å². The standard InChI is InChI=1S/C14H19NO2/c16-13-7-3-6-11(13)15-9-4-10-17-14-8-2-1-5-12(14)15/h1-2,5,8,11,13,16H,3-4,6-7,9-10H2/t11-,13-/m0/s1. The maximum atomic E-state index is 10.1. The molecule has 1 aromatic rings. The van der Waals surface area contributed by atoms with Crippen LogP contribution in [-0.2, 0) is 0 Å². The summed E-state index contributed by atoms with van der Waals surface area (Å²) in [6.07, 6.45) is 4.00. The average Bonchev–Trinajstić information content (AvgIpc) is 2.66. The number of hydrogen-bond donors (Lipinski definition) is 1. The number of aliphatic hydroxyl groups excluding tert-OH is 1. The van der Waals surface area contributed by atoms with Crippen molar-refractivity contribution in [2.24, 2.45) is 0 Å². The molecule has 3 nitrogen and oxygen atoms in total. The molecule has 1 N–H and O–H groups in total. The third-order valence-electron chi connectivity index (χ3n) is 3.82. The highest BCUT2D eigenvalue weighted by Crippen LogP contribution is 2.36. The summed E-state index contributed by atoms with van der Waals surface area (Å²) < 4.78 is 5.75. The van der Waals surface area contributed by atoms with Gasteiger partial charge in [-0.2, -0.15) is 0 Å². The Kier molecular flexibility index (Phi) is 2.93. The second kappa shape index (κ2) is 4.57. The van der Waals surface area contributed by atoms with Crippen molar-refractivity contribution in [2.75, 3.05) is 18.1 Å². The van der Waals surface area contributed by atoms with E-state index >= 15 is 0 Å². The summed E-state index contributed by atoms with van der Waals surface area (Å²) in [6, 6.07) is 8.45. The predicted octanol–water partition coefficient (Wildman–Crippen LogP) is 2.19. The van der Waals surface area contributed by atoms with Crippen molar-refractivity contribution in [2.45, 2.75) is 37.8 Å². The molecule has 1 saturated carbocycles. The van der Waals surface area contributed by atoms with Gasteiger partial charge in [0.1, 0.15) is 5.75 Å². The Morgan fingerprint density at radius 3 is 2.88 bits per heavy atom. The number of fused-ring (bicyclic) bond motifs is 1. The first-order chi connectivity index (χ1) is 8.36. The number of rotatable bonds is 1. The van der Waals surface area contributed by atoms with Crippen LogP contribution >= 0.6 is 0 Å². The second-order valence-corrected chi connectivity index (χ2v) is 4.93. The first-order valence-corrected chi connectivity index (χ1v) is 6.53. The Morgan fingerprint density at radius 2 is 2.06 bits per heavy atom. The fourth-order valence-corrected chi connectivity index (χ4v) is 2.98. The van der Waals surface area contributed by atoms with Crippen molar-refractivity contribution in [3.05, 3.63) is 24.3 Å². The van der Waals surface area contributed by atoms with E-state index in [-0.39, 0.29) is 12.1 Å². The SMILES string of the molecule is O[C@H]1CCC[C@@H]1N1CCCOc2ccccc21. The molecule has 3 heteroatoms. The zero-order valence-corrected chi connectivity index (χ0v) is 10.0. The first-order valence-electron chi connectivity index (χ1n) is 6.53. The Labute approximate surface area is 102 Å². The summed E-state index contributed by atoms with van der Waals surface area (Å²) in [5.41, 5.74) is 1.15. The van der Waals surface area contributed by atoms with E-state index in [0.29, 0.717) is 0 Å². The molecule has 1 heterocycles. The lowest BCUT2D eigenvalue weighted by Crippen LogP contribution is -2.40. The van der Waals surface area contributed by atoms with Gasteiger partial charge in [-0.15, -0.1) is 0 Å². The molecule has 0 spiro atoms. The van der Waals surface area contributed by atoms with Crippen molar-refractivity contribution < 1.29 is 9.84 Å². The third-order valence-corrected chi connectivity index (χ3v) is 3.82. The summed E-state index contributed by atoms with van der Waals surface area (Å²) in [5, 5.41) is 10.1. The predicted molar refractivity (Wildman–Crippen MR) is 67.5 cm³/mol. The average molecular weight is 233 g/mol. The topological polar surface area (TPSA) is 32.7 Å². The normalized spacial score (nSPS) is 28.4. The number of hydrogen-bond acceptors (Lipinski definition) is 3. The van der Waals surface area contributed by atoms with E-state index in [1.54, 1.807) is 0 Å². The van der Waals surface area contributed by atoms with Crippen LogP contribution in [0.2, 0.25) is 0 Å². The number of aliphatic hydroxyl groups is 1. The van der Waals surface area contributed by atoms with Gasteiger partial charge in [0, 0.05) is 6.54 Å². The van der Waals surface area contributed by atoms with Crippen molar-refractivity contribution >= 4 is 5.69 Å². The van der Waals surface area contributed by atoms with Gasteiger partial charge in [0.25, 0.3) is 0 Å². The highest BCUT2D eigenvalue weighted by Gasteiger charge is 2.32. The molecular formula is C14H19NO2. The Bertz CT molecular complexity index is 394. The zero-order valence-electron chi connectivity index (χ0n) is 10.0. The van der Waals surface area contributed by atoms with E-state index in [1.807, 2.05) is 18.2 Å². The van der Waals surface area contributed by atoms with Crippen LogP contribution in [0.25, 0.3) is 0 Å². The van der Waals surface area contributed by atoms with Gasteiger partial charge >= 0.3 is 0 Å². The summed E-state index contributed by atoms with van der Waals surface area (Å²) in [4.78, 5) is 2.35. The van der Waals surface area contributed by atoms with Gasteiger partial charge in [-0.05, 0) is 37.8 Å². The van der Waals surface area contributed by atoms with Crippen LogP contribution in [0.1, 0.15) is 25.7 Å². The lowest BCUT2D eigenvalue weighted by Gasteiger charge is -2.32. The van der Waals surface area contributed by atoms with Gasteiger partial charge in [-0.25, -0.2) is 0 Å². The molecule has 1 aliphatic heterocycles. The van der Waals surface area contributed by atoms with Gasteiger partial charge in [0.15, 0.2) is 0 Å². The molecule has 0 radical (unpaired) electrons. The van der Waals surface area contributed by atoms with E-state index in [0.717, 1.165) is 50.3 Å². The minimum Gasteiger partial charge on any atom is -0.491 e. The molecule has 1 fully saturated rings. The highest BCUT2D eigenvalue weighted by atomic mass is 16.5. The minimum absolute atomic E-state index is 0.179. The molecule has 1 aromatic carbocycles. The molecule has 0 amide bonds. The van der Waals surface area contributed by atoms with Crippen LogP contribution in [0.5, 0.6) is 5.75 Å². The molecule has 0 aromatic heterocycles. The number of para-hydroxylation sites is 2. The fraction of sp³-hybridized carbons (Fsp3) is 0.571. The zero-order chi connectivity index (χ0) is 11.7. The van der Waals surface area contributed by atoms with Gasteiger partial charge in [0.2, 0.25) is 0 Å². The van der Waals surface area contributed by atoms with Gasteiger partial charge in [-0.3, -0.25) is 0 Å². The van der Waals surface area contributed by atoms with Crippen molar-refractivity contribution in [3.8, 4) is 5.75 Å². The first kappa shape index (κ1) is 10.9. The molecule has 2 atom stereocenters. The monoisotopic (exact) mass is 233 g/mol. The Morgan fingerprint density at radius 1 is 1.18 bits per heavy atom. The largest absolute Gasteiger partial charge is 0.491 e. The fourth-order valence-electron chi connectivity index (χ4n) is 2.98. The van der Waals surface area contributed by atoms with Crippen molar-refractivity contribution in [3.63, 3.8) is 0 Å². The number of benzene rings is 1. The van der Waals surface area contributed by atoms with E-state index in [9.17, 15) is 5.11 Å². The Hall–Kier alpha value is -1.22. The minimum atomic E-state index is -0.179. The lowest BCUT2D eigenvalue weighted by atomic mass is 10.1. The van der Waals surface area contributed by atoms with E-state index in [2.05, 4.69) is 11.0 Å². The number of ether oxygens (including phenoxy) is 1. The van der Waals surface area contributed by atoms with Crippen LogP contribution in [-0.4, -0.2) is 30.4 Å². The summed E-state index contributed by atoms with van der Waals surface area (Å²) in [7, 11) is 0. The molecule has 92 valence electrons. The maximum absolute atomic E-state index is 10.1. The quantitative estimate of drug-likeness (QED) is 0.807. The van der Waals surface area contributed by atoms with Crippen LogP contribution in [0.3, 0.4) is 0 Å². The van der Waals surface area contributed by atoms with Crippen LogP contribution in [0.15, 0.2) is 24.3 Å². The third kappa shape index (κ3) is 2.00. The molecule has 0 bridgehead atoms. The van der Waals surface area contributed by atoms with Crippen molar-refractivity contribution in [1.29, 1.82) is 0 Å². The molecule has 0 unspecified atom stereocenters. The Balaban J connectivity index is 1.93. The molecule has 0 saturated heterocycles. The van der Waals surface area contributed by atoms with Gasteiger partial charge in [0.05, 0.1) is 24.4 Å². The lowest BCUT2D eigenvalue weighted by molar-refractivity contribution is 0.161. The molecule has 1 aliphatic carbocycles. The van der Waals surface area contributed by atoms with E-state index < -0.39 is 0 Å². The molecular weight excluding hydrogens is 214 g/mol. The summed E-state index contributed by atoms with van der Waals surface area (Å²) >= 11 is 0. The van der Waals surface area contributed by atoms with Crippen LogP contribution in [0, 0.1) is 0 Å². The van der Waals surface area contributed by atoms with E-state index in [4.69, 9.17) is 4.74 Å². The maximum Gasteiger partial charge on any atom is 0.142 e. The van der Waals surface area contributed by atoms with Gasteiger partial charge < -0.3 is 14.7 Å². The number of nitrogens with zero attached hydrogens (tertiary/aromatic N) is 1. The summed E-state index contributed by atoms with van der Waals surface area (Å²) in [5.74, 6) is 0.962. The molecule has 2 aliphatic rings. The van der Waals surface area contributed by atoms with Gasteiger partial charge in [-0.1, -0.05) is 12.1 Å². The highest BCUT2D eigenvalue weighted by molar-refractivity contribution is 5.59. The second-order valence-electron chi connectivity index (χ2n) is 4.93. The molecule has 3 rings (SSSR count). The summed E-state index contributed by atoms with van der Waals surface area (Å²) in [6.45, 7) is 1.76. The smallest absolute Gasteiger partial charge is 0.142 e. The number of anilines is 1. The van der Waals surface area contributed by atoms with Crippen LogP contribution < -0.4 is 9.64 Å². The molecule has 17 heavy (non-hydrogen) atoms. The van der Waals surface area contributed by atoms with E-state index in [1.165, 1.54) is 0 Å². The van der Waals surface area contributed by atoms with Crippen LogP contribution in [0.4, 0.5) is 5.69 Å².